The van der Waals surface area contributed by atoms with E-state index in [1.165, 1.54) is 4.68 Å². The number of nitrogens with zero attached hydrogens (tertiary/aromatic N) is 4. The SMILES string of the molecule is CCc1nn(-c2ccc(Br)cn2)c(N)c1C#N. The van der Waals surface area contributed by atoms with E-state index in [1.54, 1.807) is 12.3 Å². The molecule has 2 N–H and O–H groups in total. The van der Waals surface area contributed by atoms with Crippen molar-refractivity contribution in [2.45, 2.75) is 13.3 Å². The zero-order valence-corrected chi connectivity index (χ0v) is 10.8. The molecule has 0 aliphatic heterocycles. The van der Waals surface area contributed by atoms with Crippen LogP contribution in [0.4, 0.5) is 5.82 Å². The Balaban J connectivity index is 2.57. The molecule has 0 saturated carbocycles. The van der Waals surface area contributed by atoms with Crippen LogP contribution in [0.5, 0.6) is 0 Å². The van der Waals surface area contributed by atoms with Crippen LogP contribution in [-0.2, 0) is 6.42 Å². The minimum Gasteiger partial charge on any atom is -0.382 e. The molecule has 0 aromatic carbocycles. The Morgan fingerprint density at radius 2 is 2.29 bits per heavy atom. The second kappa shape index (κ2) is 4.55. The lowest BCUT2D eigenvalue weighted by atomic mass is 10.2. The number of nitrogens with two attached hydrogens (primary N) is 1. The van der Waals surface area contributed by atoms with E-state index in [2.05, 4.69) is 32.1 Å². The second-order valence-corrected chi connectivity index (χ2v) is 4.33. The smallest absolute Gasteiger partial charge is 0.155 e. The summed E-state index contributed by atoms with van der Waals surface area (Å²) in [5, 5.41) is 13.3. The van der Waals surface area contributed by atoms with Crippen molar-refractivity contribution in [3.63, 3.8) is 0 Å². The van der Waals surface area contributed by atoms with Gasteiger partial charge in [-0.05, 0) is 34.5 Å². The molecule has 5 nitrogen and oxygen atoms in total. The van der Waals surface area contributed by atoms with Crippen molar-refractivity contribution in [1.29, 1.82) is 5.26 Å². The number of pyridine rings is 1. The minimum absolute atomic E-state index is 0.333. The molecule has 86 valence electrons. The highest BCUT2D eigenvalue weighted by atomic mass is 79.9. The lowest BCUT2D eigenvalue weighted by Crippen LogP contribution is -2.04. The third kappa shape index (κ3) is 2.01. The van der Waals surface area contributed by atoms with E-state index in [9.17, 15) is 0 Å². The van der Waals surface area contributed by atoms with Gasteiger partial charge < -0.3 is 5.73 Å². The van der Waals surface area contributed by atoms with E-state index in [0.29, 0.717) is 29.3 Å². The van der Waals surface area contributed by atoms with Crippen LogP contribution < -0.4 is 5.73 Å². The molecule has 0 bridgehead atoms. The molecule has 0 saturated heterocycles. The fourth-order valence-electron chi connectivity index (χ4n) is 1.52. The van der Waals surface area contributed by atoms with Gasteiger partial charge in [0.15, 0.2) is 5.82 Å². The lowest BCUT2D eigenvalue weighted by molar-refractivity contribution is 0.823. The molecule has 6 heteroatoms. The molecule has 2 heterocycles. The Bertz CT molecular complexity index is 579. The van der Waals surface area contributed by atoms with E-state index < -0.39 is 0 Å². The van der Waals surface area contributed by atoms with Crippen LogP contribution in [0.15, 0.2) is 22.8 Å². The third-order valence-corrected chi connectivity index (χ3v) is 2.84. The molecule has 0 spiro atoms. The quantitative estimate of drug-likeness (QED) is 0.918. The van der Waals surface area contributed by atoms with Crippen LogP contribution in [0.2, 0.25) is 0 Å². The van der Waals surface area contributed by atoms with E-state index in [1.807, 2.05) is 13.0 Å². The number of aromatic nitrogens is 3. The molecule has 0 aliphatic carbocycles. The molecule has 0 aliphatic rings. The largest absolute Gasteiger partial charge is 0.382 e. The van der Waals surface area contributed by atoms with Gasteiger partial charge in [0, 0.05) is 10.7 Å². The van der Waals surface area contributed by atoms with Gasteiger partial charge in [0.1, 0.15) is 17.5 Å². The Morgan fingerprint density at radius 3 is 2.76 bits per heavy atom. The zero-order valence-electron chi connectivity index (χ0n) is 9.18. The Kier molecular flexibility index (Phi) is 3.11. The van der Waals surface area contributed by atoms with Crippen LogP contribution in [-0.4, -0.2) is 14.8 Å². The molecule has 0 radical (unpaired) electrons. The fourth-order valence-corrected chi connectivity index (χ4v) is 1.75. The van der Waals surface area contributed by atoms with Crippen LogP contribution in [0.3, 0.4) is 0 Å². The Morgan fingerprint density at radius 1 is 1.53 bits per heavy atom. The molecule has 0 fully saturated rings. The number of anilines is 1. The maximum atomic E-state index is 9.02. The Labute approximate surface area is 107 Å². The molecule has 2 rings (SSSR count). The third-order valence-electron chi connectivity index (χ3n) is 2.37. The van der Waals surface area contributed by atoms with Crippen LogP contribution in [0.1, 0.15) is 18.2 Å². The van der Waals surface area contributed by atoms with Crippen molar-refractivity contribution >= 4 is 21.7 Å². The monoisotopic (exact) mass is 291 g/mol. The predicted octanol–water partition coefficient (Wildman–Crippen LogP) is 2.05. The number of nitrogen functional groups attached to an aromatic ring is 1. The molecular weight excluding hydrogens is 282 g/mol. The van der Waals surface area contributed by atoms with E-state index >= 15 is 0 Å². The summed E-state index contributed by atoms with van der Waals surface area (Å²) in [6.45, 7) is 1.93. The molecular formula is C11H10BrN5. The van der Waals surface area contributed by atoms with Gasteiger partial charge in [-0.1, -0.05) is 6.92 Å². The summed E-state index contributed by atoms with van der Waals surface area (Å²) < 4.78 is 2.37. The number of hydrogen-bond donors (Lipinski definition) is 1. The van der Waals surface area contributed by atoms with Crippen molar-refractivity contribution in [2.75, 3.05) is 5.73 Å². The average Bonchev–Trinajstić information content (AvgIpc) is 2.66. The van der Waals surface area contributed by atoms with Gasteiger partial charge in [0.05, 0.1) is 5.69 Å². The topological polar surface area (TPSA) is 80.5 Å². The fraction of sp³-hybridized carbons (Fsp3) is 0.182. The maximum absolute atomic E-state index is 9.02. The summed E-state index contributed by atoms with van der Waals surface area (Å²) in [4.78, 5) is 4.20. The summed E-state index contributed by atoms with van der Waals surface area (Å²) >= 11 is 3.31. The lowest BCUT2D eigenvalue weighted by Gasteiger charge is -2.02. The van der Waals surface area contributed by atoms with Crippen molar-refractivity contribution in [1.82, 2.24) is 14.8 Å². The highest BCUT2D eigenvalue weighted by Crippen LogP contribution is 2.20. The first-order chi connectivity index (χ1) is 8.17. The molecule has 0 unspecified atom stereocenters. The molecule has 17 heavy (non-hydrogen) atoms. The highest BCUT2D eigenvalue weighted by molar-refractivity contribution is 9.10. The first-order valence-corrected chi connectivity index (χ1v) is 5.86. The number of hydrogen-bond acceptors (Lipinski definition) is 4. The first kappa shape index (κ1) is 11.6. The first-order valence-electron chi connectivity index (χ1n) is 5.06. The van der Waals surface area contributed by atoms with E-state index in [0.717, 1.165) is 4.47 Å². The van der Waals surface area contributed by atoms with Crippen LogP contribution in [0, 0.1) is 11.3 Å². The van der Waals surface area contributed by atoms with Gasteiger partial charge in [-0.3, -0.25) is 0 Å². The molecule has 0 amide bonds. The highest BCUT2D eigenvalue weighted by Gasteiger charge is 2.15. The van der Waals surface area contributed by atoms with E-state index in [-0.39, 0.29) is 0 Å². The van der Waals surface area contributed by atoms with E-state index in [4.69, 9.17) is 11.0 Å². The van der Waals surface area contributed by atoms with Gasteiger partial charge in [-0.15, -0.1) is 0 Å². The van der Waals surface area contributed by atoms with Gasteiger partial charge in [-0.2, -0.15) is 15.0 Å². The number of aryl methyl sites for hydroxylation is 1. The summed E-state index contributed by atoms with van der Waals surface area (Å²) in [6, 6.07) is 5.71. The molecule has 2 aromatic rings. The zero-order chi connectivity index (χ0) is 12.4. The van der Waals surface area contributed by atoms with Gasteiger partial charge >= 0.3 is 0 Å². The van der Waals surface area contributed by atoms with Crippen molar-refractivity contribution < 1.29 is 0 Å². The molecule has 2 aromatic heterocycles. The summed E-state index contributed by atoms with van der Waals surface area (Å²) in [5.74, 6) is 0.932. The number of halogens is 1. The number of nitriles is 1. The summed E-state index contributed by atoms with van der Waals surface area (Å²) in [5.41, 5.74) is 7.00. The van der Waals surface area contributed by atoms with Crippen LogP contribution in [0.25, 0.3) is 5.82 Å². The normalized spacial score (nSPS) is 10.2. The van der Waals surface area contributed by atoms with Crippen LogP contribution >= 0.6 is 15.9 Å². The summed E-state index contributed by atoms with van der Waals surface area (Å²) in [7, 11) is 0. The Hall–Kier alpha value is -1.87. The maximum Gasteiger partial charge on any atom is 0.155 e. The molecule has 0 atom stereocenters. The average molecular weight is 292 g/mol. The van der Waals surface area contributed by atoms with Crippen molar-refractivity contribution in [2.24, 2.45) is 0 Å². The standard InChI is InChI=1S/C11H10BrN5/c1-2-9-8(5-13)11(14)17(16-9)10-4-3-7(12)6-15-10/h3-4,6H,2,14H2,1H3. The predicted molar refractivity (Wildman–Crippen MR) is 67.6 cm³/mol. The van der Waals surface area contributed by atoms with Crippen molar-refractivity contribution in [3.8, 4) is 11.9 Å². The summed E-state index contributed by atoms with van der Waals surface area (Å²) in [6.07, 6.45) is 2.32. The minimum atomic E-state index is 0.333. The van der Waals surface area contributed by atoms with Gasteiger partial charge in [-0.25, -0.2) is 4.98 Å². The van der Waals surface area contributed by atoms with Gasteiger partial charge in [0.2, 0.25) is 0 Å². The second-order valence-electron chi connectivity index (χ2n) is 3.42. The van der Waals surface area contributed by atoms with Crippen molar-refractivity contribution in [3.05, 3.63) is 34.1 Å². The van der Waals surface area contributed by atoms with Gasteiger partial charge in [0.25, 0.3) is 0 Å². The number of rotatable bonds is 2.